The number of fused-ring (bicyclic) bond motifs is 1. The molecular formula is C17H19F3N2OS. The number of urea groups is 1. The van der Waals surface area contributed by atoms with Gasteiger partial charge < -0.3 is 5.32 Å². The monoisotopic (exact) mass is 356 g/mol. The van der Waals surface area contributed by atoms with Gasteiger partial charge in [0.25, 0.3) is 0 Å². The van der Waals surface area contributed by atoms with Gasteiger partial charge in [-0.2, -0.15) is 13.2 Å². The number of nitrogens with zero attached hydrogens (tertiary/aromatic N) is 1. The van der Waals surface area contributed by atoms with E-state index in [2.05, 4.69) is 5.32 Å². The van der Waals surface area contributed by atoms with Crippen molar-refractivity contribution < 1.29 is 18.0 Å². The molecule has 0 aliphatic carbocycles. The molecular weight excluding hydrogens is 337 g/mol. The summed E-state index contributed by atoms with van der Waals surface area (Å²) >= 11 is 0.685. The fourth-order valence-electron chi connectivity index (χ4n) is 2.95. The van der Waals surface area contributed by atoms with E-state index in [-0.39, 0.29) is 5.56 Å². The van der Waals surface area contributed by atoms with Crippen molar-refractivity contribution >= 4 is 17.8 Å². The second-order valence-electron chi connectivity index (χ2n) is 6.12. The minimum absolute atomic E-state index is 0.0431. The van der Waals surface area contributed by atoms with Crippen molar-refractivity contribution in [3.8, 4) is 0 Å². The van der Waals surface area contributed by atoms with Crippen LogP contribution in [0, 0.1) is 6.92 Å². The van der Waals surface area contributed by atoms with Gasteiger partial charge in [-0.15, -0.1) is 0 Å². The van der Waals surface area contributed by atoms with Crippen molar-refractivity contribution in [1.82, 2.24) is 10.2 Å². The van der Waals surface area contributed by atoms with Crippen LogP contribution in [-0.4, -0.2) is 23.7 Å². The molecule has 3 nitrogen and oxygen atoms in total. The quantitative estimate of drug-likeness (QED) is 0.777. The second-order valence-corrected chi connectivity index (χ2v) is 7.36. The van der Waals surface area contributed by atoms with E-state index >= 15 is 0 Å². The molecule has 2 aliphatic rings. The summed E-state index contributed by atoms with van der Waals surface area (Å²) in [7, 11) is 0. The minimum atomic E-state index is -4.61. The van der Waals surface area contributed by atoms with E-state index in [4.69, 9.17) is 0 Å². The van der Waals surface area contributed by atoms with E-state index in [1.54, 1.807) is 18.2 Å². The van der Waals surface area contributed by atoms with Gasteiger partial charge in [0.2, 0.25) is 4.87 Å². The van der Waals surface area contributed by atoms with Gasteiger partial charge in [-0.25, -0.2) is 4.79 Å². The molecule has 1 saturated heterocycles. The van der Waals surface area contributed by atoms with Gasteiger partial charge in [0.1, 0.15) is 0 Å². The molecule has 24 heavy (non-hydrogen) atoms. The average molecular weight is 356 g/mol. The molecule has 1 N–H and O–H groups in total. The Bertz CT molecular complexity index is 657. The summed E-state index contributed by atoms with van der Waals surface area (Å²) in [5.41, 5.74) is 0.913. The molecule has 3 rings (SSSR count). The summed E-state index contributed by atoms with van der Waals surface area (Å²) in [6.45, 7) is 2.27. The molecule has 7 heteroatoms. The predicted octanol–water partition coefficient (Wildman–Crippen LogP) is 4.88. The number of carbonyl (C=O) groups is 1. The number of benzene rings is 1. The zero-order chi connectivity index (χ0) is 17.4. The first-order valence-electron chi connectivity index (χ1n) is 7.96. The number of hydrogen-bond donors (Lipinski definition) is 1. The Balaban J connectivity index is 2.07. The summed E-state index contributed by atoms with van der Waals surface area (Å²) < 4.78 is 42.0. The molecule has 2 amide bonds. The van der Waals surface area contributed by atoms with Crippen LogP contribution in [0.25, 0.3) is 0 Å². The number of amides is 2. The largest absolute Gasteiger partial charge is 0.425 e. The summed E-state index contributed by atoms with van der Waals surface area (Å²) in [4.78, 5) is 11.4. The van der Waals surface area contributed by atoms with Gasteiger partial charge >= 0.3 is 12.2 Å². The van der Waals surface area contributed by atoms with Crippen molar-refractivity contribution in [1.29, 1.82) is 0 Å². The smallest absolute Gasteiger partial charge is 0.311 e. The highest BCUT2D eigenvalue weighted by Gasteiger charge is 2.61. The van der Waals surface area contributed by atoms with Crippen molar-refractivity contribution in [2.24, 2.45) is 0 Å². The highest BCUT2D eigenvalue weighted by Crippen LogP contribution is 2.53. The van der Waals surface area contributed by atoms with Crippen LogP contribution in [0.4, 0.5) is 18.0 Å². The Morgan fingerprint density at radius 3 is 2.54 bits per heavy atom. The summed E-state index contributed by atoms with van der Waals surface area (Å²) in [5.74, 6) is 0. The first kappa shape index (κ1) is 17.2. The van der Waals surface area contributed by atoms with E-state index in [1.165, 1.54) is 17.0 Å². The number of allylic oxidation sites excluding steroid dienone is 1. The topological polar surface area (TPSA) is 32.3 Å². The molecule has 0 radical (unpaired) electrons. The molecule has 0 saturated carbocycles. The number of aryl methyl sites for hydroxylation is 1. The van der Waals surface area contributed by atoms with Gasteiger partial charge in [0, 0.05) is 6.54 Å². The van der Waals surface area contributed by atoms with Crippen LogP contribution < -0.4 is 5.32 Å². The van der Waals surface area contributed by atoms with E-state index in [0.717, 1.165) is 24.8 Å². The lowest BCUT2D eigenvalue weighted by molar-refractivity contribution is -0.168. The maximum absolute atomic E-state index is 14.0. The van der Waals surface area contributed by atoms with Crippen molar-refractivity contribution in [2.45, 2.75) is 43.7 Å². The average Bonchev–Trinajstić information content (AvgIpc) is 2.48. The van der Waals surface area contributed by atoms with Gasteiger partial charge in [0.15, 0.2) is 0 Å². The molecule has 1 aromatic carbocycles. The number of nitrogens with one attached hydrogen (secondary N) is 1. The molecule has 2 aliphatic heterocycles. The second kappa shape index (κ2) is 6.35. The molecule has 1 atom stereocenters. The lowest BCUT2D eigenvalue weighted by atomic mass is 10.0. The molecule has 1 fully saturated rings. The lowest BCUT2D eigenvalue weighted by Crippen LogP contribution is -2.60. The maximum Gasteiger partial charge on any atom is 0.425 e. The summed E-state index contributed by atoms with van der Waals surface area (Å²) in [6, 6.07) is 5.47. The van der Waals surface area contributed by atoms with E-state index in [9.17, 15) is 18.0 Å². The van der Waals surface area contributed by atoms with Gasteiger partial charge in [0.05, 0.1) is 5.03 Å². The summed E-state index contributed by atoms with van der Waals surface area (Å²) in [6.07, 6.45) is 0.543. The van der Waals surface area contributed by atoms with Gasteiger partial charge in [-0.3, -0.25) is 4.90 Å². The molecule has 130 valence electrons. The zero-order valence-electron chi connectivity index (χ0n) is 13.3. The first-order valence-corrected chi connectivity index (χ1v) is 8.78. The normalized spacial score (nSPS) is 25.2. The number of hydrogen-bond acceptors (Lipinski definition) is 2. The van der Waals surface area contributed by atoms with Gasteiger partial charge in [-0.05, 0) is 31.7 Å². The van der Waals surface area contributed by atoms with Crippen LogP contribution in [0.3, 0.4) is 0 Å². The molecule has 0 unspecified atom stereocenters. The standard InChI is InChI=1S/C17H19F3N2OS/c1-12-7-9-13(10-8-12)16(17(18,19)20)21-15(23)22-11-5-3-2-4-6-14(22)24-16/h6-10H,2-5,11H2,1H3,(H,21,23)/t16-/m1/s1. The van der Waals surface area contributed by atoms with Gasteiger partial charge in [-0.1, -0.05) is 54.1 Å². The fourth-order valence-corrected chi connectivity index (χ4v) is 4.25. The van der Waals surface area contributed by atoms with Crippen LogP contribution in [-0.2, 0) is 4.87 Å². The highest BCUT2D eigenvalue weighted by molar-refractivity contribution is 8.04. The highest BCUT2D eigenvalue weighted by atomic mass is 32.2. The van der Waals surface area contributed by atoms with E-state index in [1.807, 2.05) is 6.92 Å². The van der Waals surface area contributed by atoms with Crippen molar-refractivity contribution in [3.05, 3.63) is 46.5 Å². The Morgan fingerprint density at radius 2 is 1.88 bits per heavy atom. The van der Waals surface area contributed by atoms with Crippen LogP contribution >= 0.6 is 11.8 Å². The summed E-state index contributed by atoms with van der Waals surface area (Å²) in [5, 5.41) is 2.64. The van der Waals surface area contributed by atoms with Crippen LogP contribution in [0.5, 0.6) is 0 Å². The molecule has 1 aromatic rings. The lowest BCUT2D eigenvalue weighted by Gasteiger charge is -2.44. The van der Waals surface area contributed by atoms with E-state index in [0.29, 0.717) is 29.8 Å². The third-order valence-electron chi connectivity index (χ3n) is 4.31. The predicted molar refractivity (Wildman–Crippen MR) is 88.3 cm³/mol. The minimum Gasteiger partial charge on any atom is -0.311 e. The van der Waals surface area contributed by atoms with Crippen molar-refractivity contribution in [2.75, 3.05) is 6.54 Å². The number of thioether (sulfide) groups is 1. The number of rotatable bonds is 1. The SMILES string of the molecule is Cc1ccc([C@@]2(C(F)(F)F)NC(=O)N3CCCCCC=C3S2)cc1. The Morgan fingerprint density at radius 1 is 1.17 bits per heavy atom. The third-order valence-corrected chi connectivity index (χ3v) is 5.79. The van der Waals surface area contributed by atoms with Crippen molar-refractivity contribution in [3.63, 3.8) is 0 Å². The molecule has 0 bridgehead atoms. The van der Waals surface area contributed by atoms with Crippen LogP contribution in [0.2, 0.25) is 0 Å². The fraction of sp³-hybridized carbons (Fsp3) is 0.471. The molecule has 0 aromatic heterocycles. The molecule has 2 heterocycles. The Kier molecular flexibility index (Phi) is 4.55. The van der Waals surface area contributed by atoms with Crippen LogP contribution in [0.1, 0.15) is 36.8 Å². The third kappa shape index (κ3) is 3.01. The maximum atomic E-state index is 14.0. The molecule has 0 spiro atoms. The number of alkyl halides is 3. The van der Waals surface area contributed by atoms with Crippen LogP contribution in [0.15, 0.2) is 35.4 Å². The Labute approximate surface area is 143 Å². The zero-order valence-corrected chi connectivity index (χ0v) is 14.1. The van der Waals surface area contributed by atoms with E-state index < -0.39 is 17.1 Å². The number of carbonyl (C=O) groups excluding carboxylic acids is 1. The Hall–Kier alpha value is -1.63. The first-order chi connectivity index (χ1) is 11.3. The number of halogens is 3.